The molecule has 4 heteroatoms. The van der Waals surface area contributed by atoms with Crippen LogP contribution in [0.1, 0.15) is 0 Å². The van der Waals surface area contributed by atoms with Gasteiger partial charge in [-0.2, -0.15) is 0 Å². The van der Waals surface area contributed by atoms with Crippen LogP contribution in [0.4, 0.5) is 0 Å². The van der Waals surface area contributed by atoms with Gasteiger partial charge in [-0.05, 0) is 0 Å². The van der Waals surface area contributed by atoms with Crippen molar-refractivity contribution in [3.8, 4) is 0 Å². The third-order valence-corrected chi connectivity index (χ3v) is 45.5. The molecule has 0 atom stereocenters. The molecule has 0 aromatic rings. The predicted octanol–water partition coefficient (Wildman–Crippen LogP) is 2.87. The number of hydrogen-bond donors (Lipinski definition) is 0. The average molecular weight is 339 g/mol. The second-order valence-corrected chi connectivity index (χ2v) is 37.0. The summed E-state index contributed by atoms with van der Waals surface area (Å²) in [6.07, 6.45) is 16.2. The van der Waals surface area contributed by atoms with Gasteiger partial charge in [0.2, 0.25) is 0 Å². The first-order chi connectivity index (χ1) is 8.61. The summed E-state index contributed by atoms with van der Waals surface area (Å²) in [5.74, 6) is -1.39. The first-order valence-corrected chi connectivity index (χ1v) is 19.2. The average Bonchev–Trinajstić information content (AvgIpc) is 3.05. The van der Waals surface area contributed by atoms with Gasteiger partial charge in [-0.1, -0.05) is 0 Å². The minimum atomic E-state index is -4.14. The van der Waals surface area contributed by atoms with Crippen LogP contribution >= 0.6 is 0 Å². The molecule has 0 unspecified atom stereocenters. The zero-order chi connectivity index (χ0) is 13.3. The van der Waals surface area contributed by atoms with Gasteiger partial charge in [-0.15, -0.1) is 0 Å². The summed E-state index contributed by atoms with van der Waals surface area (Å²) < 4.78 is 2.46. The van der Waals surface area contributed by atoms with Crippen molar-refractivity contribution in [2.24, 2.45) is 0 Å². The van der Waals surface area contributed by atoms with E-state index in [1.807, 2.05) is 24.3 Å². The molecule has 0 radical (unpaired) electrons. The van der Waals surface area contributed by atoms with Crippen LogP contribution in [0.5, 0.6) is 0 Å². The van der Waals surface area contributed by atoms with Gasteiger partial charge in [0.1, 0.15) is 0 Å². The molecule has 0 saturated heterocycles. The van der Waals surface area contributed by atoms with Crippen LogP contribution in [0, 0.1) is 0 Å². The van der Waals surface area contributed by atoms with Crippen molar-refractivity contribution in [1.29, 1.82) is 0 Å². The molecule has 0 spiro atoms. The fraction of sp³-hybridized carbons (Fsp3) is 0.286. The summed E-state index contributed by atoms with van der Waals surface area (Å²) in [6.45, 7) is 4.35. The normalized spacial score (nSPS) is 21.6. The SMILES string of the molecule is C[SiH](C)[Zr]([CH]=O)([CH]=O)([CH]1C=CC=C1)[CH]1C=CC=C1. The van der Waals surface area contributed by atoms with Gasteiger partial charge in [-0.25, -0.2) is 0 Å². The van der Waals surface area contributed by atoms with Crippen LogP contribution in [0.2, 0.25) is 20.3 Å². The van der Waals surface area contributed by atoms with Crippen molar-refractivity contribution in [3.63, 3.8) is 0 Å². The number of carbonyl (C=O) groups excluding carboxylic acids is 2. The van der Waals surface area contributed by atoms with Gasteiger partial charge < -0.3 is 0 Å². The Labute approximate surface area is 110 Å². The van der Waals surface area contributed by atoms with E-state index in [0.717, 1.165) is 7.99 Å². The number of carbonyl (C=O) groups is 2. The molecular weight excluding hydrogens is 319 g/mol. The quantitative estimate of drug-likeness (QED) is 0.570. The first kappa shape index (κ1) is 13.8. The summed E-state index contributed by atoms with van der Waals surface area (Å²) in [6, 6.07) is 0. The summed E-state index contributed by atoms with van der Waals surface area (Å²) in [4.78, 5) is 24.3. The molecule has 0 fully saturated rings. The van der Waals surface area contributed by atoms with Crippen LogP contribution in [0.15, 0.2) is 48.6 Å². The molecule has 0 saturated carbocycles. The Morgan fingerprint density at radius 2 is 1.17 bits per heavy atom. The van der Waals surface area contributed by atoms with Gasteiger partial charge >= 0.3 is 110 Å². The van der Waals surface area contributed by atoms with E-state index in [-0.39, 0.29) is 7.25 Å². The molecule has 0 aliphatic heterocycles. The molecule has 0 aromatic carbocycles. The van der Waals surface area contributed by atoms with Gasteiger partial charge in [-0.3, -0.25) is 0 Å². The Balaban J connectivity index is 2.69. The summed E-state index contributed by atoms with van der Waals surface area (Å²) in [5, 5.41) is 0. The maximum atomic E-state index is 12.2. The van der Waals surface area contributed by atoms with Crippen molar-refractivity contribution < 1.29 is 27.5 Å². The summed E-state index contributed by atoms with van der Waals surface area (Å²) in [5.41, 5.74) is 0. The Bertz CT molecular complexity index is 424. The predicted molar refractivity (Wildman–Crippen MR) is 76.4 cm³/mol. The minimum absolute atomic E-state index is 0.0884. The van der Waals surface area contributed by atoms with Gasteiger partial charge in [0.05, 0.1) is 0 Å². The Morgan fingerprint density at radius 3 is 1.39 bits per heavy atom. The fourth-order valence-electron chi connectivity index (χ4n) is 3.36. The third kappa shape index (κ3) is 1.55. The molecule has 2 aliphatic rings. The molecule has 0 aromatic heterocycles. The standard InChI is InChI=1S/2C5H5.C2H7Si.2CHO.Zr/c2*1-2-4-5-3-1;1-3-2;2*1-2;/h2*1-5H;3H,1-2H3;2*1H;. The molecule has 2 aliphatic carbocycles. The van der Waals surface area contributed by atoms with E-state index in [9.17, 15) is 9.59 Å². The fourth-order valence-corrected chi connectivity index (χ4v) is 31.7. The molecule has 18 heavy (non-hydrogen) atoms. The van der Waals surface area contributed by atoms with E-state index >= 15 is 0 Å². The van der Waals surface area contributed by atoms with E-state index in [4.69, 9.17) is 0 Å². The van der Waals surface area contributed by atoms with Crippen LogP contribution in [-0.4, -0.2) is 13.9 Å². The third-order valence-electron chi connectivity index (χ3n) is 4.91. The summed E-state index contributed by atoms with van der Waals surface area (Å²) >= 11 is -4.14. The molecular formula is C14H19O2SiZr. The van der Waals surface area contributed by atoms with Crippen molar-refractivity contribution in [3.05, 3.63) is 48.6 Å². The van der Waals surface area contributed by atoms with E-state index in [0.29, 0.717) is 0 Å². The molecule has 0 amide bonds. The molecule has 0 heterocycles. The van der Waals surface area contributed by atoms with Crippen LogP contribution < -0.4 is 0 Å². The monoisotopic (exact) mass is 337 g/mol. The topological polar surface area (TPSA) is 34.1 Å². The van der Waals surface area contributed by atoms with Crippen molar-refractivity contribution >= 4 is 13.9 Å². The Hall–Kier alpha value is -0.600. The second-order valence-electron chi connectivity index (χ2n) is 5.65. The van der Waals surface area contributed by atoms with Crippen LogP contribution in [-0.2, 0) is 27.5 Å². The molecule has 2 nitrogen and oxygen atoms in total. The molecule has 2 rings (SSSR count). The zero-order valence-corrected chi connectivity index (χ0v) is 14.4. The van der Waals surface area contributed by atoms with Gasteiger partial charge in [0.25, 0.3) is 0 Å². The first-order valence-electron chi connectivity index (χ1n) is 6.40. The van der Waals surface area contributed by atoms with E-state index in [2.05, 4.69) is 37.4 Å². The number of allylic oxidation sites excluding steroid dienone is 8. The van der Waals surface area contributed by atoms with Crippen molar-refractivity contribution in [1.82, 2.24) is 0 Å². The van der Waals surface area contributed by atoms with Crippen molar-refractivity contribution in [2.45, 2.75) is 20.3 Å². The van der Waals surface area contributed by atoms with Gasteiger partial charge in [0.15, 0.2) is 0 Å². The van der Waals surface area contributed by atoms with E-state index in [1.165, 1.54) is 0 Å². The number of rotatable bonds is 5. The van der Waals surface area contributed by atoms with E-state index < -0.39 is 23.9 Å². The molecule has 95 valence electrons. The van der Waals surface area contributed by atoms with Crippen LogP contribution in [0.3, 0.4) is 0 Å². The van der Waals surface area contributed by atoms with E-state index in [1.54, 1.807) is 0 Å². The Kier molecular flexibility index (Phi) is 3.70. The van der Waals surface area contributed by atoms with Gasteiger partial charge in [0, 0.05) is 0 Å². The maximum absolute atomic E-state index is 12.2. The molecule has 0 N–H and O–H groups in total. The zero-order valence-electron chi connectivity index (χ0n) is 10.8. The second kappa shape index (κ2) is 4.82. The summed E-state index contributed by atoms with van der Waals surface area (Å²) in [7, 11) is 0. The number of hydrogen-bond acceptors (Lipinski definition) is 2. The van der Waals surface area contributed by atoms with Crippen molar-refractivity contribution in [2.75, 3.05) is 0 Å². The van der Waals surface area contributed by atoms with Crippen LogP contribution in [0.25, 0.3) is 0 Å². The molecule has 0 bridgehead atoms. The Morgan fingerprint density at radius 1 is 0.833 bits per heavy atom.